The molecule has 21 heavy (non-hydrogen) atoms. The zero-order valence-electron chi connectivity index (χ0n) is 14.1. The molecule has 118 valence electrons. The van der Waals surface area contributed by atoms with E-state index < -0.39 is 0 Å². The third kappa shape index (κ3) is 3.78. The number of hydrogen-bond donors (Lipinski definition) is 1. The first-order valence-electron chi connectivity index (χ1n) is 8.32. The van der Waals surface area contributed by atoms with Crippen LogP contribution in [0.5, 0.6) is 0 Å². The van der Waals surface area contributed by atoms with E-state index in [0.29, 0.717) is 6.04 Å². The Morgan fingerprint density at radius 1 is 1.29 bits per heavy atom. The van der Waals surface area contributed by atoms with E-state index in [1.54, 1.807) is 0 Å². The molecule has 4 heteroatoms. The van der Waals surface area contributed by atoms with Gasteiger partial charge in [0, 0.05) is 36.0 Å². The van der Waals surface area contributed by atoms with Crippen molar-refractivity contribution in [2.24, 2.45) is 5.92 Å². The largest absolute Gasteiger partial charge is 0.348 e. The molecule has 0 saturated heterocycles. The van der Waals surface area contributed by atoms with Crippen molar-refractivity contribution in [3.63, 3.8) is 0 Å². The fourth-order valence-electron chi connectivity index (χ4n) is 2.72. The number of thiazole rings is 1. The lowest BCUT2D eigenvalue weighted by atomic mass is 10.1. The summed E-state index contributed by atoms with van der Waals surface area (Å²) in [5.74, 6) is 1.62. The quantitative estimate of drug-likeness (QED) is 0.856. The zero-order valence-corrected chi connectivity index (χ0v) is 14.9. The number of aromatic nitrogens is 1. The normalized spacial score (nSPS) is 20.6. The van der Waals surface area contributed by atoms with Crippen molar-refractivity contribution < 1.29 is 0 Å². The van der Waals surface area contributed by atoms with E-state index in [1.807, 2.05) is 11.3 Å². The number of nitrogens with zero attached hydrogens (tertiary/aromatic N) is 2. The summed E-state index contributed by atoms with van der Waals surface area (Å²) in [6.45, 7) is 9.99. The minimum absolute atomic E-state index is 0.165. The van der Waals surface area contributed by atoms with Crippen LogP contribution in [0.15, 0.2) is 0 Å². The maximum absolute atomic E-state index is 5.01. The van der Waals surface area contributed by atoms with Crippen LogP contribution in [0.25, 0.3) is 0 Å². The molecule has 1 atom stereocenters. The van der Waals surface area contributed by atoms with Gasteiger partial charge in [-0.3, -0.25) is 0 Å². The van der Waals surface area contributed by atoms with Crippen molar-refractivity contribution in [2.75, 3.05) is 11.9 Å². The second-order valence-corrected chi connectivity index (χ2v) is 8.93. The molecule has 3 nitrogen and oxygen atoms in total. The van der Waals surface area contributed by atoms with Crippen LogP contribution in [0.1, 0.15) is 69.9 Å². The second-order valence-electron chi connectivity index (χ2n) is 7.87. The Kier molecular flexibility index (Phi) is 4.04. The van der Waals surface area contributed by atoms with Crippen LogP contribution in [0, 0.1) is 5.92 Å². The van der Waals surface area contributed by atoms with Gasteiger partial charge in [-0.1, -0.05) is 0 Å². The predicted octanol–water partition coefficient (Wildman–Crippen LogP) is 4.14. The van der Waals surface area contributed by atoms with Gasteiger partial charge in [-0.15, -0.1) is 11.3 Å². The summed E-state index contributed by atoms with van der Waals surface area (Å²) >= 11 is 1.90. The number of anilines is 1. The summed E-state index contributed by atoms with van der Waals surface area (Å²) in [6.07, 6.45) is 5.44. The maximum Gasteiger partial charge on any atom is 0.185 e. The van der Waals surface area contributed by atoms with Crippen LogP contribution in [0.4, 0.5) is 5.13 Å². The number of hydrogen-bond acceptors (Lipinski definition) is 4. The molecule has 0 amide bonds. The van der Waals surface area contributed by atoms with E-state index in [0.717, 1.165) is 18.4 Å². The Morgan fingerprint density at radius 3 is 2.48 bits per heavy atom. The van der Waals surface area contributed by atoms with E-state index in [2.05, 4.69) is 45.0 Å². The van der Waals surface area contributed by atoms with Gasteiger partial charge in [0.15, 0.2) is 5.13 Å². The molecule has 1 aromatic heterocycles. The minimum atomic E-state index is 0.165. The maximum atomic E-state index is 5.01. The van der Waals surface area contributed by atoms with Crippen molar-refractivity contribution in [1.82, 2.24) is 10.3 Å². The van der Waals surface area contributed by atoms with Crippen LogP contribution in [0.3, 0.4) is 0 Å². The van der Waals surface area contributed by atoms with Crippen LogP contribution in [0.2, 0.25) is 0 Å². The van der Waals surface area contributed by atoms with Gasteiger partial charge in [0.1, 0.15) is 0 Å². The third-order valence-corrected chi connectivity index (χ3v) is 5.84. The van der Waals surface area contributed by atoms with Crippen LogP contribution < -0.4 is 10.2 Å². The molecule has 1 N–H and O–H groups in total. The summed E-state index contributed by atoms with van der Waals surface area (Å²) in [7, 11) is 2.22. The first kappa shape index (κ1) is 15.3. The van der Waals surface area contributed by atoms with Crippen molar-refractivity contribution >= 4 is 16.5 Å². The van der Waals surface area contributed by atoms with Gasteiger partial charge in [-0.2, -0.15) is 0 Å². The Morgan fingerprint density at radius 2 is 1.95 bits per heavy atom. The Balaban J connectivity index is 1.75. The summed E-state index contributed by atoms with van der Waals surface area (Å²) in [4.78, 5) is 8.88. The van der Waals surface area contributed by atoms with Crippen molar-refractivity contribution in [2.45, 2.75) is 77.4 Å². The van der Waals surface area contributed by atoms with Crippen molar-refractivity contribution in [3.05, 3.63) is 10.6 Å². The first-order valence-corrected chi connectivity index (χ1v) is 9.14. The molecule has 1 aromatic rings. The molecule has 3 rings (SSSR count). The molecule has 1 heterocycles. The highest BCUT2D eigenvalue weighted by Gasteiger charge is 2.34. The Hall–Kier alpha value is -0.610. The minimum Gasteiger partial charge on any atom is -0.348 e. The van der Waals surface area contributed by atoms with E-state index in [-0.39, 0.29) is 5.54 Å². The van der Waals surface area contributed by atoms with Gasteiger partial charge in [-0.25, -0.2) is 4.98 Å². The molecule has 2 fully saturated rings. The van der Waals surface area contributed by atoms with Gasteiger partial charge >= 0.3 is 0 Å². The van der Waals surface area contributed by atoms with Gasteiger partial charge in [0.2, 0.25) is 0 Å². The van der Waals surface area contributed by atoms with Gasteiger partial charge in [0.25, 0.3) is 0 Å². The van der Waals surface area contributed by atoms with Gasteiger partial charge in [0.05, 0.1) is 5.69 Å². The highest BCUT2D eigenvalue weighted by Crippen LogP contribution is 2.45. The molecule has 0 bridgehead atoms. The highest BCUT2D eigenvalue weighted by molar-refractivity contribution is 7.15. The molecule has 2 aliphatic rings. The molecule has 0 aromatic carbocycles. The Bertz CT molecular complexity index is 495. The summed E-state index contributed by atoms with van der Waals surface area (Å²) in [5.41, 5.74) is 1.54. The lowest BCUT2D eigenvalue weighted by Gasteiger charge is -2.24. The standard InChI is InChI=1S/C17H29N3S/c1-11(12-6-7-12)20(5)16-19-15(13-8-9-13)14(21-16)10-18-17(2,3)4/h11-13,18H,6-10H2,1-5H3. The number of nitrogens with one attached hydrogen (secondary N) is 1. The zero-order chi connectivity index (χ0) is 15.2. The van der Waals surface area contributed by atoms with Crippen LogP contribution in [-0.2, 0) is 6.54 Å². The molecule has 0 spiro atoms. The Labute approximate surface area is 133 Å². The average molecular weight is 308 g/mol. The monoisotopic (exact) mass is 307 g/mol. The van der Waals surface area contributed by atoms with Crippen molar-refractivity contribution in [1.29, 1.82) is 0 Å². The average Bonchev–Trinajstić information content (AvgIpc) is 3.30. The van der Waals surface area contributed by atoms with Crippen LogP contribution in [-0.4, -0.2) is 23.6 Å². The summed E-state index contributed by atoms with van der Waals surface area (Å²) in [5, 5.41) is 4.85. The highest BCUT2D eigenvalue weighted by atomic mass is 32.1. The molecule has 1 unspecified atom stereocenters. The number of rotatable bonds is 6. The molecule has 2 saturated carbocycles. The molecular formula is C17H29N3S. The van der Waals surface area contributed by atoms with Crippen molar-refractivity contribution in [3.8, 4) is 0 Å². The third-order valence-electron chi connectivity index (χ3n) is 4.68. The molecule has 0 radical (unpaired) electrons. The van der Waals surface area contributed by atoms with Gasteiger partial charge in [-0.05, 0) is 59.3 Å². The van der Waals surface area contributed by atoms with E-state index in [1.165, 1.54) is 41.4 Å². The van der Waals surface area contributed by atoms with E-state index in [9.17, 15) is 0 Å². The SMILES string of the molecule is CC(C1CC1)N(C)c1nc(C2CC2)c(CNC(C)(C)C)s1. The molecule has 2 aliphatic carbocycles. The summed E-state index contributed by atoms with van der Waals surface area (Å²) < 4.78 is 0. The fraction of sp³-hybridized carbons (Fsp3) is 0.824. The molecule has 0 aliphatic heterocycles. The van der Waals surface area contributed by atoms with E-state index in [4.69, 9.17) is 4.98 Å². The predicted molar refractivity (Wildman–Crippen MR) is 91.3 cm³/mol. The first-order chi connectivity index (χ1) is 9.85. The second kappa shape index (κ2) is 5.54. The fourth-order valence-corrected chi connectivity index (χ4v) is 3.85. The lowest BCUT2D eigenvalue weighted by molar-refractivity contribution is 0.425. The molecular weight excluding hydrogens is 278 g/mol. The van der Waals surface area contributed by atoms with Gasteiger partial charge < -0.3 is 10.2 Å². The lowest BCUT2D eigenvalue weighted by Crippen LogP contribution is -2.35. The smallest absolute Gasteiger partial charge is 0.185 e. The van der Waals surface area contributed by atoms with Crippen LogP contribution >= 0.6 is 11.3 Å². The van der Waals surface area contributed by atoms with E-state index >= 15 is 0 Å². The summed E-state index contributed by atoms with van der Waals surface area (Å²) in [6, 6.07) is 0.631. The topological polar surface area (TPSA) is 28.2 Å².